The number of piperidine rings is 1. The van der Waals surface area contributed by atoms with E-state index in [4.69, 9.17) is 0 Å². The van der Waals surface area contributed by atoms with Crippen molar-refractivity contribution in [1.82, 2.24) is 9.80 Å². The van der Waals surface area contributed by atoms with Gasteiger partial charge in [0.05, 0.1) is 11.6 Å². The molecule has 6 heteroatoms. The zero-order valence-electron chi connectivity index (χ0n) is 15.1. The molecule has 2 aliphatic heterocycles. The Bertz CT molecular complexity index is 683. The number of likely N-dealkylation sites (tertiary alicyclic amines) is 1. The van der Waals surface area contributed by atoms with Crippen LogP contribution in [0.1, 0.15) is 25.7 Å². The molecule has 2 saturated heterocycles. The Hall–Kier alpha value is -2.11. The average Bonchev–Trinajstić information content (AvgIpc) is 3.53. The second-order valence-electron chi connectivity index (χ2n) is 7.66. The van der Waals surface area contributed by atoms with E-state index >= 15 is 0 Å². The Balaban J connectivity index is 1.33. The maximum Gasteiger partial charge on any atom is 0.227 e. The molecular formula is C20H26FN3O2. The van der Waals surface area contributed by atoms with E-state index in [1.54, 1.807) is 12.1 Å². The van der Waals surface area contributed by atoms with Crippen molar-refractivity contribution in [1.29, 1.82) is 0 Å². The van der Waals surface area contributed by atoms with Gasteiger partial charge in [-0.25, -0.2) is 4.39 Å². The van der Waals surface area contributed by atoms with Gasteiger partial charge in [0.1, 0.15) is 5.82 Å². The molecule has 5 nitrogen and oxygen atoms in total. The second-order valence-corrected chi connectivity index (χ2v) is 7.66. The van der Waals surface area contributed by atoms with Crippen molar-refractivity contribution in [2.75, 3.05) is 44.2 Å². The summed E-state index contributed by atoms with van der Waals surface area (Å²) < 4.78 is 13.9. The van der Waals surface area contributed by atoms with Crippen LogP contribution in [-0.2, 0) is 9.59 Å². The molecule has 140 valence electrons. The molecule has 1 aromatic rings. The number of amides is 2. The molecule has 1 aliphatic carbocycles. The van der Waals surface area contributed by atoms with Gasteiger partial charge in [-0.15, -0.1) is 0 Å². The maximum absolute atomic E-state index is 13.9. The third-order valence-corrected chi connectivity index (χ3v) is 5.79. The van der Waals surface area contributed by atoms with E-state index in [0.29, 0.717) is 38.4 Å². The van der Waals surface area contributed by atoms with Gasteiger partial charge in [0.25, 0.3) is 0 Å². The minimum Gasteiger partial charge on any atom is -0.366 e. The highest BCUT2D eigenvalue weighted by Gasteiger charge is 2.38. The lowest BCUT2D eigenvalue weighted by molar-refractivity contribution is -0.141. The SMILES string of the molecule is O=C(C1CCCN(C(=O)C2CC2)C1)N1CCN(c2ccccc2F)CC1. The Morgan fingerprint density at radius 1 is 0.846 bits per heavy atom. The summed E-state index contributed by atoms with van der Waals surface area (Å²) in [5.41, 5.74) is 0.610. The molecule has 0 spiro atoms. The number of piperazine rings is 1. The fraction of sp³-hybridized carbons (Fsp3) is 0.600. The van der Waals surface area contributed by atoms with Gasteiger partial charge >= 0.3 is 0 Å². The lowest BCUT2D eigenvalue weighted by Gasteiger charge is -2.39. The zero-order valence-corrected chi connectivity index (χ0v) is 15.1. The van der Waals surface area contributed by atoms with Gasteiger partial charge in [-0.1, -0.05) is 12.1 Å². The number of carbonyl (C=O) groups is 2. The molecule has 1 unspecified atom stereocenters. The molecule has 2 amide bonds. The predicted molar refractivity (Wildman–Crippen MR) is 97.2 cm³/mol. The molecular weight excluding hydrogens is 333 g/mol. The van der Waals surface area contributed by atoms with Crippen LogP contribution in [0.25, 0.3) is 0 Å². The van der Waals surface area contributed by atoms with Gasteiger partial charge in [-0.2, -0.15) is 0 Å². The summed E-state index contributed by atoms with van der Waals surface area (Å²) in [6.07, 6.45) is 3.78. The lowest BCUT2D eigenvalue weighted by Crippen LogP contribution is -2.53. The molecule has 1 aromatic carbocycles. The van der Waals surface area contributed by atoms with Gasteiger partial charge in [-0.3, -0.25) is 9.59 Å². The maximum atomic E-state index is 13.9. The standard InChI is InChI=1S/C20H26FN3O2/c21-17-5-1-2-6-18(17)22-10-12-23(13-11-22)20(26)16-4-3-9-24(14-16)19(25)15-7-8-15/h1-2,5-6,15-16H,3-4,7-14H2. The summed E-state index contributed by atoms with van der Waals surface area (Å²) in [6.45, 7) is 3.87. The topological polar surface area (TPSA) is 43.9 Å². The van der Waals surface area contributed by atoms with Crippen LogP contribution in [0.4, 0.5) is 10.1 Å². The third-order valence-electron chi connectivity index (χ3n) is 5.79. The molecule has 0 aromatic heterocycles. The Labute approximate surface area is 153 Å². The molecule has 0 bridgehead atoms. The second kappa shape index (κ2) is 7.25. The summed E-state index contributed by atoms with van der Waals surface area (Å²) in [5.74, 6) is 0.326. The number of rotatable bonds is 3. The van der Waals surface area contributed by atoms with Crippen LogP contribution in [0.15, 0.2) is 24.3 Å². The molecule has 4 rings (SSSR count). The van der Waals surface area contributed by atoms with Crippen LogP contribution in [-0.4, -0.2) is 60.9 Å². The first-order chi connectivity index (χ1) is 12.6. The van der Waals surface area contributed by atoms with Gasteiger partial charge in [-0.05, 0) is 37.8 Å². The summed E-state index contributed by atoms with van der Waals surface area (Å²) in [6, 6.07) is 6.79. The minimum atomic E-state index is -0.214. The molecule has 26 heavy (non-hydrogen) atoms. The van der Waals surface area contributed by atoms with E-state index in [9.17, 15) is 14.0 Å². The molecule has 3 aliphatic rings. The van der Waals surface area contributed by atoms with Crippen LogP contribution in [0.2, 0.25) is 0 Å². The minimum absolute atomic E-state index is 0.0774. The zero-order chi connectivity index (χ0) is 18.1. The van der Waals surface area contributed by atoms with Crippen LogP contribution in [0, 0.1) is 17.7 Å². The first-order valence-electron chi connectivity index (χ1n) is 9.70. The number of benzene rings is 1. The molecule has 3 fully saturated rings. The van der Waals surface area contributed by atoms with Crippen LogP contribution in [0.3, 0.4) is 0 Å². The number of anilines is 1. The third kappa shape index (κ3) is 3.55. The molecule has 1 saturated carbocycles. The van der Waals surface area contributed by atoms with Crippen LogP contribution >= 0.6 is 0 Å². The monoisotopic (exact) mass is 359 g/mol. The van der Waals surface area contributed by atoms with Crippen molar-refractivity contribution in [2.24, 2.45) is 11.8 Å². The summed E-state index contributed by atoms with van der Waals surface area (Å²) in [7, 11) is 0. The van der Waals surface area contributed by atoms with Crippen molar-refractivity contribution in [2.45, 2.75) is 25.7 Å². The Morgan fingerprint density at radius 2 is 1.54 bits per heavy atom. The van der Waals surface area contributed by atoms with Crippen LogP contribution < -0.4 is 4.90 Å². The predicted octanol–water partition coefficient (Wildman–Crippen LogP) is 2.12. The van der Waals surface area contributed by atoms with Crippen molar-refractivity contribution in [3.63, 3.8) is 0 Å². The number of hydrogen-bond donors (Lipinski definition) is 0. The summed E-state index contributed by atoms with van der Waals surface area (Å²) >= 11 is 0. The summed E-state index contributed by atoms with van der Waals surface area (Å²) in [4.78, 5) is 31.0. The first-order valence-corrected chi connectivity index (χ1v) is 9.70. The molecule has 1 atom stereocenters. The smallest absolute Gasteiger partial charge is 0.227 e. The van der Waals surface area contributed by atoms with E-state index in [1.165, 1.54) is 6.07 Å². The normalized spacial score (nSPS) is 23.9. The molecule has 2 heterocycles. The quantitative estimate of drug-likeness (QED) is 0.830. The Kier molecular flexibility index (Phi) is 4.83. The molecule has 0 radical (unpaired) electrons. The van der Waals surface area contributed by atoms with Gasteiger partial charge in [0, 0.05) is 45.2 Å². The number of carbonyl (C=O) groups excluding carboxylic acids is 2. The number of para-hydroxylation sites is 1. The van der Waals surface area contributed by atoms with E-state index in [-0.39, 0.29) is 29.5 Å². The largest absolute Gasteiger partial charge is 0.366 e. The highest BCUT2D eigenvalue weighted by atomic mass is 19.1. The van der Waals surface area contributed by atoms with E-state index in [1.807, 2.05) is 20.8 Å². The number of hydrogen-bond acceptors (Lipinski definition) is 3. The Morgan fingerprint density at radius 3 is 2.23 bits per heavy atom. The van der Waals surface area contributed by atoms with Gasteiger partial charge in [0.15, 0.2) is 0 Å². The highest BCUT2D eigenvalue weighted by molar-refractivity contribution is 5.83. The number of nitrogens with zero attached hydrogens (tertiary/aromatic N) is 3. The first kappa shape index (κ1) is 17.3. The lowest BCUT2D eigenvalue weighted by atomic mass is 9.95. The van der Waals surface area contributed by atoms with Crippen LogP contribution in [0.5, 0.6) is 0 Å². The highest BCUT2D eigenvalue weighted by Crippen LogP contribution is 2.33. The van der Waals surface area contributed by atoms with Crippen molar-refractivity contribution in [3.05, 3.63) is 30.1 Å². The fourth-order valence-corrected chi connectivity index (χ4v) is 4.10. The van der Waals surface area contributed by atoms with E-state index in [2.05, 4.69) is 0 Å². The van der Waals surface area contributed by atoms with Gasteiger partial charge in [0.2, 0.25) is 11.8 Å². The number of halogens is 1. The summed E-state index contributed by atoms with van der Waals surface area (Å²) in [5, 5.41) is 0. The van der Waals surface area contributed by atoms with Crippen molar-refractivity contribution < 1.29 is 14.0 Å². The van der Waals surface area contributed by atoms with Crippen molar-refractivity contribution in [3.8, 4) is 0 Å². The van der Waals surface area contributed by atoms with Gasteiger partial charge < -0.3 is 14.7 Å². The average molecular weight is 359 g/mol. The van der Waals surface area contributed by atoms with Crippen molar-refractivity contribution >= 4 is 17.5 Å². The van der Waals surface area contributed by atoms with E-state index < -0.39 is 0 Å². The molecule has 0 N–H and O–H groups in total. The fourth-order valence-electron chi connectivity index (χ4n) is 4.10. The van der Waals surface area contributed by atoms with E-state index in [0.717, 1.165) is 32.2 Å².